The quantitative estimate of drug-likeness (QED) is 0.606. The molecule has 0 unspecified atom stereocenters. The Kier molecular flexibility index (Phi) is 5.79. The molecule has 0 atom stereocenters. The molecule has 1 aromatic rings. The summed E-state index contributed by atoms with van der Waals surface area (Å²) in [5.74, 6) is -1.53. The van der Waals surface area contributed by atoms with Gasteiger partial charge < -0.3 is 10.0 Å². The first-order valence-corrected chi connectivity index (χ1v) is 6.15. The lowest BCUT2D eigenvalue weighted by molar-refractivity contribution is -0.131. The van der Waals surface area contributed by atoms with E-state index in [9.17, 15) is 9.18 Å². The number of anilines is 1. The molecule has 1 aromatic carbocycles. The smallest absolute Gasteiger partial charge is 0.328 e. The second kappa shape index (κ2) is 7.36. The van der Waals surface area contributed by atoms with Crippen molar-refractivity contribution in [2.24, 2.45) is 0 Å². The van der Waals surface area contributed by atoms with Crippen LogP contribution in [0, 0.1) is 5.82 Å². The summed E-state index contributed by atoms with van der Waals surface area (Å²) in [5.41, 5.74) is 0.972. The van der Waals surface area contributed by atoms with E-state index < -0.39 is 11.8 Å². The summed E-state index contributed by atoms with van der Waals surface area (Å²) in [6, 6.07) is 4.72. The van der Waals surface area contributed by atoms with Crippen molar-refractivity contribution in [2.75, 3.05) is 18.0 Å². The zero-order valence-corrected chi connectivity index (χ0v) is 11.0. The molecule has 0 aliphatic rings. The number of benzene rings is 1. The summed E-state index contributed by atoms with van der Waals surface area (Å²) in [5, 5.41) is 8.66. The Morgan fingerprint density at radius 3 is 2.84 bits per heavy atom. The van der Waals surface area contributed by atoms with Gasteiger partial charge in [-0.25, -0.2) is 9.18 Å². The lowest BCUT2D eigenvalue weighted by Crippen LogP contribution is -2.25. The van der Waals surface area contributed by atoms with Crippen LogP contribution >= 0.6 is 0 Å². The van der Waals surface area contributed by atoms with Gasteiger partial charge >= 0.3 is 5.97 Å². The molecule has 0 aliphatic carbocycles. The molecule has 0 fully saturated rings. The van der Waals surface area contributed by atoms with Gasteiger partial charge in [-0.15, -0.1) is 6.58 Å². The van der Waals surface area contributed by atoms with Gasteiger partial charge in [0.2, 0.25) is 0 Å². The highest BCUT2D eigenvalue weighted by Gasteiger charge is 2.11. The summed E-state index contributed by atoms with van der Waals surface area (Å²) in [6.45, 7) is 7.06. The maximum Gasteiger partial charge on any atom is 0.328 e. The van der Waals surface area contributed by atoms with Crippen molar-refractivity contribution >= 4 is 17.7 Å². The monoisotopic (exact) mass is 263 g/mol. The second-order valence-corrected chi connectivity index (χ2v) is 4.08. The van der Waals surface area contributed by atoms with Crippen molar-refractivity contribution in [2.45, 2.75) is 13.3 Å². The van der Waals surface area contributed by atoms with Gasteiger partial charge in [0.15, 0.2) is 0 Å². The third kappa shape index (κ3) is 4.25. The van der Waals surface area contributed by atoms with Crippen molar-refractivity contribution in [1.82, 2.24) is 0 Å². The Labute approximate surface area is 112 Å². The van der Waals surface area contributed by atoms with E-state index in [4.69, 9.17) is 5.11 Å². The maximum absolute atomic E-state index is 13.8. The standard InChI is InChI=1S/C15H18FNO2/c1-3-10-17(11-4-2)14-7-5-6-13(16)12(14)8-9-15(18)19/h3,5-9H,1,4,10-11H2,2H3,(H,18,19)/b9-8+. The molecule has 0 spiro atoms. The Hall–Kier alpha value is -2.10. The molecule has 4 heteroatoms. The van der Waals surface area contributed by atoms with Crippen LogP contribution in [0.1, 0.15) is 18.9 Å². The molecule has 0 saturated carbocycles. The van der Waals surface area contributed by atoms with Crippen LogP contribution in [0.2, 0.25) is 0 Å². The van der Waals surface area contributed by atoms with Crippen molar-refractivity contribution < 1.29 is 14.3 Å². The third-order valence-corrected chi connectivity index (χ3v) is 2.61. The van der Waals surface area contributed by atoms with Crippen molar-refractivity contribution in [1.29, 1.82) is 0 Å². The largest absolute Gasteiger partial charge is 0.478 e. The van der Waals surface area contributed by atoms with Gasteiger partial charge in [-0.2, -0.15) is 0 Å². The van der Waals surface area contributed by atoms with Gasteiger partial charge in [-0.05, 0) is 24.6 Å². The van der Waals surface area contributed by atoms with Crippen molar-refractivity contribution in [3.05, 3.63) is 48.3 Å². The lowest BCUT2D eigenvalue weighted by atomic mass is 10.1. The molecule has 0 aromatic heterocycles. The Morgan fingerprint density at radius 1 is 1.53 bits per heavy atom. The van der Waals surface area contributed by atoms with Crippen LogP contribution in [-0.2, 0) is 4.79 Å². The second-order valence-electron chi connectivity index (χ2n) is 4.08. The predicted molar refractivity (Wildman–Crippen MR) is 75.8 cm³/mol. The minimum atomic E-state index is -1.10. The number of hydrogen-bond donors (Lipinski definition) is 1. The summed E-state index contributed by atoms with van der Waals surface area (Å²) in [6.07, 6.45) is 4.89. The lowest BCUT2D eigenvalue weighted by Gasteiger charge is -2.24. The first-order valence-electron chi connectivity index (χ1n) is 6.15. The molecule has 3 nitrogen and oxygen atoms in total. The molecule has 0 heterocycles. The summed E-state index contributed by atoms with van der Waals surface area (Å²) >= 11 is 0. The number of rotatable bonds is 7. The molecular weight excluding hydrogens is 245 g/mol. The molecule has 19 heavy (non-hydrogen) atoms. The summed E-state index contributed by atoms with van der Waals surface area (Å²) in [4.78, 5) is 12.5. The van der Waals surface area contributed by atoms with Crippen molar-refractivity contribution in [3.63, 3.8) is 0 Å². The molecular formula is C15H18FNO2. The highest BCUT2D eigenvalue weighted by molar-refractivity contribution is 5.87. The highest BCUT2D eigenvalue weighted by atomic mass is 19.1. The first kappa shape index (κ1) is 15.0. The van der Waals surface area contributed by atoms with Gasteiger partial charge in [0.05, 0.1) is 0 Å². The molecule has 0 aliphatic heterocycles. The zero-order valence-electron chi connectivity index (χ0n) is 11.0. The molecule has 0 amide bonds. The number of nitrogens with zero attached hydrogens (tertiary/aromatic N) is 1. The van der Waals surface area contributed by atoms with E-state index in [0.29, 0.717) is 17.8 Å². The summed E-state index contributed by atoms with van der Waals surface area (Å²) < 4.78 is 13.8. The maximum atomic E-state index is 13.8. The fourth-order valence-corrected chi connectivity index (χ4v) is 1.86. The Morgan fingerprint density at radius 2 is 2.26 bits per heavy atom. The number of halogens is 1. The van der Waals surface area contributed by atoms with E-state index in [1.165, 1.54) is 12.1 Å². The SMILES string of the molecule is C=CCN(CCC)c1cccc(F)c1/C=C/C(=O)O. The Balaban J connectivity index is 3.20. The number of carboxylic acid groups (broad SMARTS) is 1. The van der Waals surface area contributed by atoms with Gasteiger partial charge in [0.25, 0.3) is 0 Å². The topological polar surface area (TPSA) is 40.5 Å². The minimum Gasteiger partial charge on any atom is -0.478 e. The summed E-state index contributed by atoms with van der Waals surface area (Å²) in [7, 11) is 0. The van der Waals surface area contributed by atoms with Crippen LogP contribution in [0.5, 0.6) is 0 Å². The predicted octanol–water partition coefficient (Wildman–Crippen LogP) is 3.33. The number of carboxylic acids is 1. The number of hydrogen-bond acceptors (Lipinski definition) is 2. The first-order chi connectivity index (χ1) is 9.10. The van der Waals surface area contributed by atoms with Gasteiger partial charge in [0.1, 0.15) is 5.82 Å². The van der Waals surface area contributed by atoms with Crippen LogP contribution < -0.4 is 4.90 Å². The Bertz CT molecular complexity index is 483. The molecule has 0 bridgehead atoms. The fraction of sp³-hybridized carbons (Fsp3) is 0.267. The van der Waals surface area contributed by atoms with E-state index in [0.717, 1.165) is 19.0 Å². The van der Waals surface area contributed by atoms with Crippen LogP contribution in [0.4, 0.5) is 10.1 Å². The molecule has 1 rings (SSSR count). The third-order valence-electron chi connectivity index (χ3n) is 2.61. The zero-order chi connectivity index (χ0) is 14.3. The normalized spacial score (nSPS) is 10.6. The average molecular weight is 263 g/mol. The molecule has 0 radical (unpaired) electrons. The van der Waals surface area contributed by atoms with Gasteiger partial charge in [-0.3, -0.25) is 0 Å². The van der Waals surface area contributed by atoms with E-state index in [1.807, 2.05) is 11.8 Å². The van der Waals surface area contributed by atoms with Crippen LogP contribution in [0.15, 0.2) is 36.9 Å². The molecule has 1 N–H and O–H groups in total. The van der Waals surface area contributed by atoms with E-state index in [-0.39, 0.29) is 0 Å². The van der Waals surface area contributed by atoms with Crippen LogP contribution in [-0.4, -0.2) is 24.2 Å². The van der Waals surface area contributed by atoms with E-state index in [1.54, 1.807) is 18.2 Å². The number of carbonyl (C=O) groups is 1. The molecule has 0 saturated heterocycles. The van der Waals surface area contributed by atoms with Gasteiger partial charge in [-0.1, -0.05) is 19.1 Å². The van der Waals surface area contributed by atoms with Gasteiger partial charge in [0, 0.05) is 30.4 Å². The van der Waals surface area contributed by atoms with E-state index in [2.05, 4.69) is 6.58 Å². The minimum absolute atomic E-state index is 0.292. The highest BCUT2D eigenvalue weighted by Crippen LogP contribution is 2.25. The fourth-order valence-electron chi connectivity index (χ4n) is 1.86. The molecule has 102 valence electrons. The van der Waals surface area contributed by atoms with Crippen molar-refractivity contribution in [3.8, 4) is 0 Å². The number of aliphatic carboxylic acids is 1. The average Bonchev–Trinajstić information content (AvgIpc) is 2.36. The van der Waals surface area contributed by atoms with Crippen LogP contribution in [0.3, 0.4) is 0 Å². The van der Waals surface area contributed by atoms with E-state index >= 15 is 0 Å². The van der Waals surface area contributed by atoms with Crippen LogP contribution in [0.25, 0.3) is 6.08 Å².